The fourth-order valence-corrected chi connectivity index (χ4v) is 1.93. The van der Waals surface area contributed by atoms with Crippen molar-refractivity contribution in [3.8, 4) is 0 Å². The summed E-state index contributed by atoms with van der Waals surface area (Å²) in [5.74, 6) is 0. The van der Waals surface area contributed by atoms with Crippen LogP contribution in [-0.2, 0) is 6.54 Å². The lowest BCUT2D eigenvalue weighted by atomic mass is 10.2. The maximum atomic E-state index is 3.43. The molecule has 0 atom stereocenters. The van der Waals surface area contributed by atoms with Crippen molar-refractivity contribution in [1.29, 1.82) is 0 Å². The van der Waals surface area contributed by atoms with Gasteiger partial charge in [-0.25, -0.2) is 0 Å². The Labute approximate surface area is 117 Å². The van der Waals surface area contributed by atoms with Gasteiger partial charge in [-0.2, -0.15) is 0 Å². The summed E-state index contributed by atoms with van der Waals surface area (Å²) >= 11 is 3.43. The van der Waals surface area contributed by atoms with Crippen molar-refractivity contribution in [2.75, 3.05) is 6.54 Å². The first-order chi connectivity index (χ1) is 8.84. The van der Waals surface area contributed by atoms with Crippen LogP contribution in [0.5, 0.6) is 0 Å². The molecule has 2 heteroatoms. The summed E-state index contributed by atoms with van der Waals surface area (Å²) in [6.07, 6.45) is 4.27. The van der Waals surface area contributed by atoms with Crippen molar-refractivity contribution in [3.05, 3.63) is 76.3 Å². The maximum absolute atomic E-state index is 3.43. The van der Waals surface area contributed by atoms with Gasteiger partial charge in [-0.1, -0.05) is 70.5 Å². The van der Waals surface area contributed by atoms with Crippen LogP contribution in [-0.4, -0.2) is 6.54 Å². The normalized spacial score (nSPS) is 10.9. The molecule has 0 amide bonds. The second-order valence-corrected chi connectivity index (χ2v) is 4.99. The van der Waals surface area contributed by atoms with Crippen molar-refractivity contribution in [2.45, 2.75) is 6.54 Å². The average Bonchev–Trinajstić information content (AvgIpc) is 2.42. The number of nitrogens with one attached hydrogen (secondary N) is 1. The van der Waals surface area contributed by atoms with Gasteiger partial charge in [0.15, 0.2) is 0 Å². The number of hydrogen-bond donors (Lipinski definition) is 1. The van der Waals surface area contributed by atoms with Gasteiger partial charge in [-0.3, -0.25) is 0 Å². The molecule has 0 aromatic heterocycles. The highest BCUT2D eigenvalue weighted by Crippen LogP contribution is 2.11. The molecule has 18 heavy (non-hydrogen) atoms. The van der Waals surface area contributed by atoms with E-state index in [1.165, 1.54) is 11.1 Å². The first kappa shape index (κ1) is 13.1. The van der Waals surface area contributed by atoms with Crippen LogP contribution < -0.4 is 5.32 Å². The smallest absolute Gasteiger partial charge is 0.0208 e. The second kappa shape index (κ2) is 7.14. The van der Waals surface area contributed by atoms with Gasteiger partial charge in [0.05, 0.1) is 0 Å². The van der Waals surface area contributed by atoms with Crippen LogP contribution in [0.1, 0.15) is 11.1 Å². The molecule has 0 aliphatic heterocycles. The molecule has 0 spiro atoms. The van der Waals surface area contributed by atoms with E-state index in [1.54, 1.807) is 0 Å². The SMILES string of the molecule is Brc1ccc(/C=C/CNCc2ccccc2)cc1. The van der Waals surface area contributed by atoms with E-state index in [0.29, 0.717) is 0 Å². The Bertz CT molecular complexity index is 488. The fraction of sp³-hybridized carbons (Fsp3) is 0.125. The van der Waals surface area contributed by atoms with Crippen LogP contribution >= 0.6 is 15.9 Å². The largest absolute Gasteiger partial charge is 0.309 e. The van der Waals surface area contributed by atoms with Crippen molar-refractivity contribution in [1.82, 2.24) is 5.32 Å². The zero-order valence-corrected chi connectivity index (χ0v) is 11.7. The number of halogens is 1. The molecule has 0 unspecified atom stereocenters. The van der Waals surface area contributed by atoms with E-state index in [2.05, 4.69) is 81.9 Å². The van der Waals surface area contributed by atoms with Gasteiger partial charge in [0.25, 0.3) is 0 Å². The molecule has 0 radical (unpaired) electrons. The molecular weight excluding hydrogens is 286 g/mol. The lowest BCUT2D eigenvalue weighted by Crippen LogP contribution is -2.12. The molecule has 2 aromatic carbocycles. The fourth-order valence-electron chi connectivity index (χ4n) is 1.66. The summed E-state index contributed by atoms with van der Waals surface area (Å²) in [5, 5.41) is 3.39. The molecular formula is C16H16BrN. The molecule has 92 valence electrons. The summed E-state index contributed by atoms with van der Waals surface area (Å²) in [7, 11) is 0. The van der Waals surface area contributed by atoms with Crippen LogP contribution in [0.25, 0.3) is 6.08 Å². The maximum Gasteiger partial charge on any atom is 0.0208 e. The minimum absolute atomic E-state index is 0.880. The van der Waals surface area contributed by atoms with Crippen LogP contribution in [0, 0.1) is 0 Å². The quantitative estimate of drug-likeness (QED) is 0.814. The molecule has 2 aromatic rings. The first-order valence-corrected chi connectivity index (χ1v) is 6.80. The Morgan fingerprint density at radius 3 is 2.39 bits per heavy atom. The molecule has 0 saturated heterocycles. The first-order valence-electron chi connectivity index (χ1n) is 6.01. The number of rotatable bonds is 5. The van der Waals surface area contributed by atoms with Crippen molar-refractivity contribution in [3.63, 3.8) is 0 Å². The van der Waals surface area contributed by atoms with Crippen molar-refractivity contribution >= 4 is 22.0 Å². The monoisotopic (exact) mass is 301 g/mol. The highest BCUT2D eigenvalue weighted by molar-refractivity contribution is 9.10. The highest BCUT2D eigenvalue weighted by Gasteiger charge is 1.89. The van der Waals surface area contributed by atoms with E-state index in [1.807, 2.05) is 6.07 Å². The zero-order chi connectivity index (χ0) is 12.6. The van der Waals surface area contributed by atoms with Crippen molar-refractivity contribution in [2.24, 2.45) is 0 Å². The van der Waals surface area contributed by atoms with Crippen LogP contribution in [0.3, 0.4) is 0 Å². The third-order valence-electron chi connectivity index (χ3n) is 2.61. The summed E-state index contributed by atoms with van der Waals surface area (Å²) < 4.78 is 1.11. The van der Waals surface area contributed by atoms with Gasteiger partial charge in [-0.15, -0.1) is 0 Å². The van der Waals surface area contributed by atoms with Gasteiger partial charge < -0.3 is 5.32 Å². The third-order valence-corrected chi connectivity index (χ3v) is 3.14. The Morgan fingerprint density at radius 1 is 0.944 bits per heavy atom. The van der Waals surface area contributed by atoms with Crippen LogP contribution in [0.15, 0.2) is 65.1 Å². The van der Waals surface area contributed by atoms with E-state index in [-0.39, 0.29) is 0 Å². The topological polar surface area (TPSA) is 12.0 Å². The minimum Gasteiger partial charge on any atom is -0.309 e. The van der Waals surface area contributed by atoms with E-state index in [9.17, 15) is 0 Å². The van der Waals surface area contributed by atoms with Gasteiger partial charge in [0.1, 0.15) is 0 Å². The molecule has 0 bridgehead atoms. The lowest BCUT2D eigenvalue weighted by Gasteiger charge is -2.01. The molecule has 1 N–H and O–H groups in total. The van der Waals surface area contributed by atoms with Gasteiger partial charge in [0.2, 0.25) is 0 Å². The second-order valence-electron chi connectivity index (χ2n) is 4.07. The molecule has 2 rings (SSSR count). The molecule has 0 fully saturated rings. The van der Waals surface area contributed by atoms with E-state index in [0.717, 1.165) is 17.6 Å². The summed E-state index contributed by atoms with van der Waals surface area (Å²) in [6, 6.07) is 18.7. The Hall–Kier alpha value is -1.38. The predicted molar refractivity (Wildman–Crippen MR) is 81.3 cm³/mol. The molecule has 0 aliphatic rings. The predicted octanol–water partition coefficient (Wildman–Crippen LogP) is 4.25. The van der Waals surface area contributed by atoms with E-state index in [4.69, 9.17) is 0 Å². The Balaban J connectivity index is 1.74. The molecule has 0 saturated carbocycles. The zero-order valence-electron chi connectivity index (χ0n) is 10.1. The Morgan fingerprint density at radius 2 is 1.67 bits per heavy atom. The van der Waals surface area contributed by atoms with Gasteiger partial charge in [-0.05, 0) is 23.3 Å². The average molecular weight is 302 g/mol. The van der Waals surface area contributed by atoms with Crippen molar-refractivity contribution < 1.29 is 0 Å². The van der Waals surface area contributed by atoms with Gasteiger partial charge in [0, 0.05) is 17.6 Å². The van der Waals surface area contributed by atoms with Crippen LogP contribution in [0.2, 0.25) is 0 Å². The van der Waals surface area contributed by atoms with Crippen LogP contribution in [0.4, 0.5) is 0 Å². The third kappa shape index (κ3) is 4.47. The van der Waals surface area contributed by atoms with E-state index < -0.39 is 0 Å². The molecule has 0 heterocycles. The van der Waals surface area contributed by atoms with E-state index >= 15 is 0 Å². The summed E-state index contributed by atoms with van der Waals surface area (Å²) in [6.45, 7) is 1.79. The minimum atomic E-state index is 0.880. The van der Waals surface area contributed by atoms with Gasteiger partial charge >= 0.3 is 0 Å². The number of hydrogen-bond acceptors (Lipinski definition) is 1. The summed E-state index contributed by atoms with van der Waals surface area (Å²) in [5.41, 5.74) is 2.54. The summed E-state index contributed by atoms with van der Waals surface area (Å²) in [4.78, 5) is 0. The standard InChI is InChI=1S/C16H16BrN/c17-16-10-8-14(9-11-16)7-4-12-18-13-15-5-2-1-3-6-15/h1-11,18H,12-13H2/b7-4+. The molecule has 0 aliphatic carbocycles. The molecule has 1 nitrogen and oxygen atoms in total. The lowest BCUT2D eigenvalue weighted by molar-refractivity contribution is 0.761. The highest BCUT2D eigenvalue weighted by atomic mass is 79.9. The Kier molecular flexibility index (Phi) is 5.18. The number of benzene rings is 2.